The van der Waals surface area contributed by atoms with Crippen molar-refractivity contribution in [2.24, 2.45) is 5.92 Å². The lowest BCUT2D eigenvalue weighted by atomic mass is 9.84. The van der Waals surface area contributed by atoms with Gasteiger partial charge in [0, 0.05) is 35.9 Å². The van der Waals surface area contributed by atoms with Crippen LogP contribution in [-0.2, 0) is 21.2 Å². The fraction of sp³-hybridized carbons (Fsp3) is 0.500. The van der Waals surface area contributed by atoms with Gasteiger partial charge in [0.05, 0.1) is 11.7 Å². The molecule has 1 saturated heterocycles. The largest absolute Gasteiger partial charge is 0.337 e. The third-order valence-corrected chi connectivity index (χ3v) is 7.64. The first-order valence-corrected chi connectivity index (χ1v) is 12.4. The first-order chi connectivity index (χ1) is 14.0. The van der Waals surface area contributed by atoms with Crippen molar-refractivity contribution in [2.75, 3.05) is 12.6 Å². The Morgan fingerprint density at radius 3 is 2.66 bits per heavy atom. The summed E-state index contributed by atoms with van der Waals surface area (Å²) in [6.07, 6.45) is 3.76. The topological polar surface area (TPSA) is 79.4 Å². The molecule has 1 amide bonds. The maximum absolute atomic E-state index is 12.9. The molecule has 1 aromatic heterocycles. The molecule has 2 fully saturated rings. The molecule has 0 radical (unpaired) electrons. The van der Waals surface area contributed by atoms with Crippen molar-refractivity contribution in [1.82, 2.24) is 14.6 Å². The number of carbonyl (C=O) groups is 1. The summed E-state index contributed by atoms with van der Waals surface area (Å²) in [5.41, 5.74) is 1.84. The van der Waals surface area contributed by atoms with Crippen molar-refractivity contribution in [1.29, 1.82) is 0 Å². The second-order valence-corrected chi connectivity index (χ2v) is 10.2. The summed E-state index contributed by atoms with van der Waals surface area (Å²) in [5, 5.41) is 2.84. The number of thiazole rings is 1. The first kappa shape index (κ1) is 20.4. The Bertz CT molecular complexity index is 960. The molecule has 9 heteroatoms. The summed E-state index contributed by atoms with van der Waals surface area (Å²) in [6.45, 7) is 0.481. The SMILES string of the molecule is O=C(C1CCC1)N1CC[C@@H](NS(=O)(=O)CF)[C@H]1Cc1csc(-c2ccccc2)n1. The smallest absolute Gasteiger partial charge is 0.241 e. The number of rotatable bonds is 7. The number of halogens is 1. The summed E-state index contributed by atoms with van der Waals surface area (Å²) < 4.78 is 39.0. The van der Waals surface area contributed by atoms with E-state index in [1.807, 2.05) is 35.7 Å². The molecule has 2 atom stereocenters. The summed E-state index contributed by atoms with van der Waals surface area (Å²) in [4.78, 5) is 19.4. The lowest BCUT2D eigenvalue weighted by Crippen LogP contribution is -2.50. The van der Waals surface area contributed by atoms with Gasteiger partial charge in [0.15, 0.2) is 0 Å². The molecule has 1 saturated carbocycles. The van der Waals surface area contributed by atoms with Crippen LogP contribution in [0, 0.1) is 5.92 Å². The molecule has 2 heterocycles. The molecule has 0 bridgehead atoms. The average molecular weight is 438 g/mol. The highest BCUT2D eigenvalue weighted by Gasteiger charge is 2.42. The lowest BCUT2D eigenvalue weighted by Gasteiger charge is -2.34. The van der Waals surface area contributed by atoms with Crippen LogP contribution in [0.1, 0.15) is 31.4 Å². The van der Waals surface area contributed by atoms with E-state index in [4.69, 9.17) is 4.98 Å². The summed E-state index contributed by atoms with van der Waals surface area (Å²) >= 11 is 1.52. The van der Waals surface area contributed by atoms with Gasteiger partial charge in [-0.3, -0.25) is 4.79 Å². The zero-order chi connectivity index (χ0) is 20.4. The van der Waals surface area contributed by atoms with Crippen LogP contribution in [0.4, 0.5) is 4.39 Å². The van der Waals surface area contributed by atoms with E-state index >= 15 is 0 Å². The van der Waals surface area contributed by atoms with Gasteiger partial charge in [0.25, 0.3) is 0 Å². The molecule has 2 aliphatic rings. The van der Waals surface area contributed by atoms with Crippen LogP contribution in [-0.4, -0.2) is 48.8 Å². The Balaban J connectivity index is 1.55. The van der Waals surface area contributed by atoms with Crippen molar-refractivity contribution < 1.29 is 17.6 Å². The fourth-order valence-electron chi connectivity index (χ4n) is 4.00. The number of hydrogen-bond donors (Lipinski definition) is 1. The van der Waals surface area contributed by atoms with Crippen LogP contribution in [0.25, 0.3) is 10.6 Å². The molecule has 0 spiro atoms. The minimum absolute atomic E-state index is 0.0318. The highest BCUT2D eigenvalue weighted by Crippen LogP contribution is 2.33. The molecule has 1 aliphatic heterocycles. The van der Waals surface area contributed by atoms with E-state index in [9.17, 15) is 17.6 Å². The number of amides is 1. The van der Waals surface area contributed by atoms with Crippen LogP contribution in [0.3, 0.4) is 0 Å². The van der Waals surface area contributed by atoms with E-state index in [2.05, 4.69) is 4.72 Å². The van der Waals surface area contributed by atoms with Gasteiger partial charge >= 0.3 is 0 Å². The van der Waals surface area contributed by atoms with E-state index in [1.165, 1.54) is 11.3 Å². The van der Waals surface area contributed by atoms with E-state index in [-0.39, 0.29) is 17.9 Å². The minimum Gasteiger partial charge on any atom is -0.337 e. The quantitative estimate of drug-likeness (QED) is 0.722. The molecule has 156 valence electrons. The monoisotopic (exact) mass is 437 g/mol. The molecule has 29 heavy (non-hydrogen) atoms. The average Bonchev–Trinajstić information content (AvgIpc) is 3.29. The standard InChI is InChI=1S/C20H24FN3O3S2/c21-13-29(26,27)23-17-9-10-24(20(25)15-7-4-8-15)18(17)11-16-12-28-19(22-16)14-5-2-1-3-6-14/h1-3,5-6,12,15,17-18,23H,4,7-11,13H2/t17-,18-/m1/s1. The Morgan fingerprint density at radius 2 is 2.00 bits per heavy atom. The van der Waals surface area contributed by atoms with Crippen LogP contribution < -0.4 is 4.72 Å². The van der Waals surface area contributed by atoms with Crippen LogP contribution in [0.2, 0.25) is 0 Å². The number of aromatic nitrogens is 1. The predicted molar refractivity (Wildman–Crippen MR) is 111 cm³/mol. The highest BCUT2D eigenvalue weighted by atomic mass is 32.2. The number of likely N-dealkylation sites (tertiary alicyclic amines) is 1. The van der Waals surface area contributed by atoms with Gasteiger partial charge in [0.1, 0.15) is 5.01 Å². The number of nitrogens with one attached hydrogen (secondary N) is 1. The van der Waals surface area contributed by atoms with Crippen molar-refractivity contribution in [3.63, 3.8) is 0 Å². The number of nitrogens with zero attached hydrogens (tertiary/aromatic N) is 2. The van der Waals surface area contributed by atoms with E-state index < -0.39 is 22.1 Å². The molecule has 4 rings (SSSR count). The van der Waals surface area contributed by atoms with Gasteiger partial charge in [0.2, 0.25) is 21.9 Å². The number of alkyl halides is 1. The van der Waals surface area contributed by atoms with Crippen molar-refractivity contribution in [3.8, 4) is 10.6 Å². The molecule has 1 aliphatic carbocycles. The molecule has 0 unspecified atom stereocenters. The second-order valence-electron chi connectivity index (χ2n) is 7.68. The third-order valence-electron chi connectivity index (χ3n) is 5.75. The Hall–Kier alpha value is -1.84. The van der Waals surface area contributed by atoms with Gasteiger partial charge in [-0.2, -0.15) is 0 Å². The van der Waals surface area contributed by atoms with E-state index in [0.717, 1.165) is 35.5 Å². The summed E-state index contributed by atoms with van der Waals surface area (Å²) in [6, 6.07) is 7.52. The van der Waals surface area contributed by atoms with Gasteiger partial charge in [-0.1, -0.05) is 36.8 Å². The van der Waals surface area contributed by atoms with Crippen molar-refractivity contribution in [2.45, 2.75) is 44.2 Å². The zero-order valence-electron chi connectivity index (χ0n) is 16.0. The Kier molecular flexibility index (Phi) is 5.98. The van der Waals surface area contributed by atoms with Gasteiger partial charge in [-0.15, -0.1) is 11.3 Å². The Morgan fingerprint density at radius 1 is 1.24 bits per heavy atom. The third kappa shape index (κ3) is 4.51. The maximum atomic E-state index is 12.9. The van der Waals surface area contributed by atoms with Gasteiger partial charge in [-0.25, -0.2) is 22.5 Å². The molecular formula is C20H24FN3O3S2. The Labute approximate surface area is 174 Å². The molecule has 1 N–H and O–H groups in total. The second kappa shape index (κ2) is 8.49. The normalized spacial score (nSPS) is 22.6. The predicted octanol–water partition coefficient (Wildman–Crippen LogP) is 2.97. The number of hydrogen-bond acceptors (Lipinski definition) is 5. The van der Waals surface area contributed by atoms with E-state index in [0.29, 0.717) is 19.4 Å². The summed E-state index contributed by atoms with van der Waals surface area (Å²) in [7, 11) is -4.00. The lowest BCUT2D eigenvalue weighted by molar-refractivity contribution is -0.139. The van der Waals surface area contributed by atoms with Crippen LogP contribution in [0.15, 0.2) is 35.7 Å². The number of benzene rings is 1. The maximum Gasteiger partial charge on any atom is 0.241 e. The molecule has 1 aromatic carbocycles. The van der Waals surface area contributed by atoms with Gasteiger partial charge < -0.3 is 4.90 Å². The van der Waals surface area contributed by atoms with E-state index in [1.54, 1.807) is 4.90 Å². The summed E-state index contributed by atoms with van der Waals surface area (Å²) in [5.74, 6) is 0.117. The number of sulfonamides is 1. The van der Waals surface area contributed by atoms with Crippen molar-refractivity contribution >= 4 is 27.3 Å². The molecule has 2 aromatic rings. The van der Waals surface area contributed by atoms with Gasteiger partial charge in [-0.05, 0) is 19.3 Å². The fourth-order valence-corrected chi connectivity index (χ4v) is 5.64. The zero-order valence-corrected chi connectivity index (χ0v) is 17.6. The molecule has 6 nitrogen and oxygen atoms in total. The van der Waals surface area contributed by atoms with Crippen LogP contribution >= 0.6 is 11.3 Å². The van der Waals surface area contributed by atoms with Crippen molar-refractivity contribution in [3.05, 3.63) is 41.4 Å². The highest BCUT2D eigenvalue weighted by molar-refractivity contribution is 7.89. The first-order valence-electron chi connectivity index (χ1n) is 9.83. The van der Waals surface area contributed by atoms with Crippen LogP contribution in [0.5, 0.6) is 0 Å². The molecular weight excluding hydrogens is 413 g/mol. The minimum atomic E-state index is -4.00. The number of carbonyl (C=O) groups excluding carboxylic acids is 1.